The van der Waals surface area contributed by atoms with E-state index in [9.17, 15) is 18.0 Å². The number of hydrogen-bond acceptors (Lipinski definition) is 2. The molecular weight excluding hydrogens is 355 g/mol. The molecule has 2 aromatic rings. The van der Waals surface area contributed by atoms with Gasteiger partial charge in [0.2, 0.25) is 5.91 Å². The number of nitrogens with zero attached hydrogens (tertiary/aromatic N) is 1. The fourth-order valence-electron chi connectivity index (χ4n) is 2.34. The van der Waals surface area contributed by atoms with Crippen molar-refractivity contribution in [2.75, 3.05) is 14.2 Å². The number of likely N-dealkylation sites (N-methyl/N-ethyl adjacent to an activating group) is 1. The number of carbonyl (C=O) groups is 1. The van der Waals surface area contributed by atoms with Gasteiger partial charge in [-0.15, -0.1) is 0 Å². The highest BCUT2D eigenvalue weighted by Crippen LogP contribution is 2.29. The molecule has 134 valence electrons. The van der Waals surface area contributed by atoms with Gasteiger partial charge in [-0.05, 0) is 35.9 Å². The molecule has 0 aliphatic rings. The van der Waals surface area contributed by atoms with Gasteiger partial charge in [0.1, 0.15) is 5.75 Å². The van der Waals surface area contributed by atoms with Gasteiger partial charge in [-0.3, -0.25) is 4.79 Å². The standard InChI is InChI=1S/C18H17ClF3NO2/c1-23(11-13-10-15(19)7-8-16(13)25-2)17(24)9-12-3-5-14(6-4-12)18(20,21)22/h3-8,10H,9,11H2,1-2H3. The number of carbonyl (C=O) groups excluding carboxylic acids is 1. The third kappa shape index (κ3) is 5.13. The molecule has 0 fully saturated rings. The maximum atomic E-state index is 12.6. The van der Waals surface area contributed by atoms with Crippen LogP contribution >= 0.6 is 11.6 Å². The Morgan fingerprint density at radius 2 is 1.80 bits per heavy atom. The summed E-state index contributed by atoms with van der Waals surface area (Å²) >= 11 is 5.97. The highest BCUT2D eigenvalue weighted by Gasteiger charge is 2.30. The lowest BCUT2D eigenvalue weighted by atomic mass is 10.1. The van der Waals surface area contributed by atoms with E-state index in [2.05, 4.69) is 0 Å². The molecule has 0 aliphatic heterocycles. The fraction of sp³-hybridized carbons (Fsp3) is 0.278. The lowest BCUT2D eigenvalue weighted by Gasteiger charge is -2.19. The van der Waals surface area contributed by atoms with Gasteiger partial charge in [-0.25, -0.2) is 0 Å². The van der Waals surface area contributed by atoms with Crippen LogP contribution < -0.4 is 4.74 Å². The molecule has 25 heavy (non-hydrogen) atoms. The molecule has 0 saturated heterocycles. The summed E-state index contributed by atoms with van der Waals surface area (Å²) in [5, 5.41) is 0.527. The first-order valence-corrected chi connectivity index (χ1v) is 7.81. The van der Waals surface area contributed by atoms with Gasteiger partial charge in [0, 0.05) is 24.2 Å². The van der Waals surface area contributed by atoms with Crippen molar-refractivity contribution >= 4 is 17.5 Å². The maximum absolute atomic E-state index is 12.6. The minimum absolute atomic E-state index is 0.0114. The average molecular weight is 372 g/mol. The molecule has 0 atom stereocenters. The zero-order valence-corrected chi connectivity index (χ0v) is 14.5. The van der Waals surface area contributed by atoms with Crippen LogP contribution in [0.25, 0.3) is 0 Å². The van der Waals surface area contributed by atoms with Crippen LogP contribution in [0.1, 0.15) is 16.7 Å². The van der Waals surface area contributed by atoms with E-state index < -0.39 is 11.7 Å². The second kappa shape index (κ2) is 7.78. The number of methoxy groups -OCH3 is 1. The van der Waals surface area contributed by atoms with Crippen molar-refractivity contribution in [3.63, 3.8) is 0 Å². The van der Waals surface area contributed by atoms with Crippen molar-refractivity contribution in [2.45, 2.75) is 19.1 Å². The molecule has 0 spiro atoms. The molecule has 2 rings (SSSR count). The molecule has 0 radical (unpaired) electrons. The first-order chi connectivity index (χ1) is 11.7. The zero-order valence-electron chi connectivity index (χ0n) is 13.7. The third-order valence-corrected chi connectivity index (χ3v) is 3.95. The van der Waals surface area contributed by atoms with E-state index in [-0.39, 0.29) is 18.9 Å². The van der Waals surface area contributed by atoms with Crippen LogP contribution in [0, 0.1) is 0 Å². The molecule has 0 heterocycles. The van der Waals surface area contributed by atoms with Crippen LogP contribution in [0.5, 0.6) is 5.75 Å². The fourth-order valence-corrected chi connectivity index (χ4v) is 2.53. The van der Waals surface area contributed by atoms with Crippen LogP contribution in [-0.2, 0) is 23.9 Å². The number of hydrogen-bond donors (Lipinski definition) is 0. The van der Waals surface area contributed by atoms with E-state index in [0.29, 0.717) is 16.3 Å². The Hall–Kier alpha value is -2.21. The largest absolute Gasteiger partial charge is 0.496 e. The number of benzene rings is 2. The lowest BCUT2D eigenvalue weighted by molar-refractivity contribution is -0.137. The van der Waals surface area contributed by atoms with E-state index >= 15 is 0 Å². The summed E-state index contributed by atoms with van der Waals surface area (Å²) in [6, 6.07) is 9.69. The summed E-state index contributed by atoms with van der Waals surface area (Å²) in [4.78, 5) is 13.8. The summed E-state index contributed by atoms with van der Waals surface area (Å²) in [5.74, 6) is 0.389. The summed E-state index contributed by atoms with van der Waals surface area (Å²) in [6.07, 6.45) is -4.38. The molecule has 7 heteroatoms. The van der Waals surface area contributed by atoms with Crippen LogP contribution in [0.15, 0.2) is 42.5 Å². The van der Waals surface area contributed by atoms with E-state index in [1.54, 1.807) is 25.2 Å². The van der Waals surface area contributed by atoms with Gasteiger partial charge in [-0.1, -0.05) is 23.7 Å². The Balaban J connectivity index is 2.04. The Kier molecular flexibility index (Phi) is 5.95. The summed E-state index contributed by atoms with van der Waals surface area (Å²) in [7, 11) is 3.14. The Morgan fingerprint density at radius 3 is 2.36 bits per heavy atom. The molecule has 0 aromatic heterocycles. The van der Waals surface area contributed by atoms with E-state index in [1.807, 2.05) is 0 Å². The number of halogens is 4. The molecule has 2 aromatic carbocycles. The Bertz CT molecular complexity index is 745. The lowest BCUT2D eigenvalue weighted by Crippen LogP contribution is -2.28. The van der Waals surface area contributed by atoms with Crippen molar-refractivity contribution in [3.8, 4) is 5.75 Å². The molecule has 1 amide bonds. The molecule has 0 saturated carbocycles. The number of rotatable bonds is 5. The minimum atomic E-state index is -4.39. The van der Waals surface area contributed by atoms with Gasteiger partial charge in [-0.2, -0.15) is 13.2 Å². The van der Waals surface area contributed by atoms with Gasteiger partial charge in [0.15, 0.2) is 0 Å². The molecular formula is C18H17ClF3NO2. The first kappa shape index (κ1) is 19.1. The van der Waals surface area contributed by atoms with Crippen molar-refractivity contribution in [1.29, 1.82) is 0 Å². The molecule has 0 N–H and O–H groups in total. The number of amides is 1. The van der Waals surface area contributed by atoms with Crippen LogP contribution in [-0.4, -0.2) is 25.0 Å². The van der Waals surface area contributed by atoms with E-state index in [0.717, 1.165) is 17.7 Å². The predicted octanol–water partition coefficient (Wildman–Crippen LogP) is 4.57. The Labute approximate surface area is 149 Å². The monoisotopic (exact) mass is 371 g/mol. The zero-order chi connectivity index (χ0) is 18.6. The molecule has 0 unspecified atom stereocenters. The smallest absolute Gasteiger partial charge is 0.416 e. The van der Waals surface area contributed by atoms with E-state index in [1.165, 1.54) is 24.1 Å². The molecule has 0 aliphatic carbocycles. The third-order valence-electron chi connectivity index (χ3n) is 3.71. The summed E-state index contributed by atoms with van der Waals surface area (Å²) in [6.45, 7) is 0.281. The number of alkyl halides is 3. The highest BCUT2D eigenvalue weighted by atomic mass is 35.5. The SMILES string of the molecule is COc1ccc(Cl)cc1CN(C)C(=O)Cc1ccc(C(F)(F)F)cc1. The van der Waals surface area contributed by atoms with Crippen molar-refractivity contribution < 1.29 is 22.7 Å². The van der Waals surface area contributed by atoms with Crippen molar-refractivity contribution in [2.24, 2.45) is 0 Å². The van der Waals surface area contributed by atoms with Gasteiger partial charge in [0.05, 0.1) is 19.1 Å². The van der Waals surface area contributed by atoms with Gasteiger partial charge in [0.25, 0.3) is 0 Å². The second-order valence-electron chi connectivity index (χ2n) is 5.58. The molecule has 3 nitrogen and oxygen atoms in total. The summed E-state index contributed by atoms with van der Waals surface area (Å²) in [5.41, 5.74) is 0.530. The quantitative estimate of drug-likeness (QED) is 0.770. The highest BCUT2D eigenvalue weighted by molar-refractivity contribution is 6.30. The van der Waals surface area contributed by atoms with Gasteiger partial charge >= 0.3 is 6.18 Å². The predicted molar refractivity (Wildman–Crippen MR) is 89.6 cm³/mol. The Morgan fingerprint density at radius 1 is 1.16 bits per heavy atom. The van der Waals surface area contributed by atoms with Crippen molar-refractivity contribution in [3.05, 3.63) is 64.2 Å². The normalized spacial score (nSPS) is 11.3. The van der Waals surface area contributed by atoms with Crippen molar-refractivity contribution in [1.82, 2.24) is 4.90 Å². The first-order valence-electron chi connectivity index (χ1n) is 7.43. The van der Waals surface area contributed by atoms with E-state index in [4.69, 9.17) is 16.3 Å². The van der Waals surface area contributed by atoms with Gasteiger partial charge < -0.3 is 9.64 Å². The number of ether oxygens (including phenoxy) is 1. The minimum Gasteiger partial charge on any atom is -0.496 e. The molecule has 0 bridgehead atoms. The van der Waals surface area contributed by atoms with Crippen LogP contribution in [0.3, 0.4) is 0 Å². The topological polar surface area (TPSA) is 29.5 Å². The average Bonchev–Trinajstić information content (AvgIpc) is 2.54. The maximum Gasteiger partial charge on any atom is 0.416 e. The summed E-state index contributed by atoms with van der Waals surface area (Å²) < 4.78 is 42.9. The second-order valence-corrected chi connectivity index (χ2v) is 6.01. The van der Waals surface area contributed by atoms with Crippen LogP contribution in [0.2, 0.25) is 5.02 Å². The van der Waals surface area contributed by atoms with Crippen LogP contribution in [0.4, 0.5) is 13.2 Å².